The molecule has 2 aromatic carbocycles. The van der Waals surface area contributed by atoms with Crippen molar-refractivity contribution in [2.45, 2.75) is 0 Å². The monoisotopic (exact) mass is 352 g/mol. The largest absolute Gasteiger partial charge is 0.496 e. The number of anilines is 1. The lowest BCUT2D eigenvalue weighted by Gasteiger charge is -2.05. The first-order valence-electron chi connectivity index (χ1n) is 5.78. The minimum atomic E-state index is 0.458. The van der Waals surface area contributed by atoms with Crippen LogP contribution in [0.15, 0.2) is 39.2 Å². The van der Waals surface area contributed by atoms with E-state index in [1.165, 1.54) is 0 Å². The first-order valence-corrected chi connectivity index (χ1v) is 6.95. The predicted molar refractivity (Wildman–Crippen MR) is 83.1 cm³/mol. The first-order chi connectivity index (χ1) is 9.58. The number of nitrogens with zero attached hydrogens (tertiary/aromatic N) is 1. The highest BCUT2D eigenvalue weighted by Crippen LogP contribution is 2.35. The Balaban J connectivity index is 2.20. The molecule has 0 aliphatic rings. The van der Waals surface area contributed by atoms with Crippen molar-refractivity contribution in [1.82, 2.24) is 4.98 Å². The van der Waals surface area contributed by atoms with Crippen molar-refractivity contribution in [2.24, 2.45) is 0 Å². The van der Waals surface area contributed by atoms with E-state index in [-0.39, 0.29) is 0 Å². The van der Waals surface area contributed by atoms with E-state index in [9.17, 15) is 0 Å². The number of hydrogen-bond acceptors (Lipinski definition) is 4. The molecule has 0 radical (unpaired) electrons. The summed E-state index contributed by atoms with van der Waals surface area (Å²) in [5, 5.41) is 0.458. The first kappa shape index (κ1) is 13.3. The fraction of sp³-hybridized carbons (Fsp3) is 0.0714. The minimum absolute atomic E-state index is 0.458. The Morgan fingerprint density at radius 1 is 1.30 bits per heavy atom. The molecule has 0 aliphatic carbocycles. The Hall–Kier alpha value is -1.72. The van der Waals surface area contributed by atoms with E-state index in [4.69, 9.17) is 26.5 Å². The molecule has 102 valence electrons. The molecule has 3 aromatic rings. The Morgan fingerprint density at radius 3 is 2.85 bits per heavy atom. The molecule has 20 heavy (non-hydrogen) atoms. The summed E-state index contributed by atoms with van der Waals surface area (Å²) in [6, 6.07) is 8.97. The van der Waals surface area contributed by atoms with E-state index in [0.717, 1.165) is 10.0 Å². The van der Waals surface area contributed by atoms with Crippen molar-refractivity contribution < 1.29 is 9.15 Å². The lowest BCUT2D eigenvalue weighted by Crippen LogP contribution is -1.87. The molecule has 1 aromatic heterocycles. The summed E-state index contributed by atoms with van der Waals surface area (Å²) in [5.74, 6) is 1.14. The summed E-state index contributed by atoms with van der Waals surface area (Å²) in [7, 11) is 1.60. The zero-order valence-electron chi connectivity index (χ0n) is 10.5. The number of ether oxygens (including phenoxy) is 1. The highest BCUT2D eigenvalue weighted by Gasteiger charge is 2.14. The van der Waals surface area contributed by atoms with Crippen LogP contribution in [0.1, 0.15) is 0 Å². The Morgan fingerprint density at radius 2 is 2.10 bits per heavy atom. The lowest BCUT2D eigenvalue weighted by atomic mass is 10.2. The number of rotatable bonds is 2. The second-order valence-electron chi connectivity index (χ2n) is 4.21. The summed E-state index contributed by atoms with van der Waals surface area (Å²) < 4.78 is 12.0. The summed E-state index contributed by atoms with van der Waals surface area (Å²) in [6.45, 7) is 0. The van der Waals surface area contributed by atoms with Crippen LogP contribution in [-0.4, -0.2) is 12.1 Å². The van der Waals surface area contributed by atoms with Crippen LogP contribution in [0.2, 0.25) is 5.02 Å². The molecular formula is C14H10BrClN2O2. The number of benzene rings is 2. The summed E-state index contributed by atoms with van der Waals surface area (Å²) in [6.07, 6.45) is 0. The second kappa shape index (κ2) is 5.00. The van der Waals surface area contributed by atoms with Gasteiger partial charge in [0.1, 0.15) is 11.3 Å². The van der Waals surface area contributed by atoms with Crippen LogP contribution in [0.5, 0.6) is 5.75 Å². The van der Waals surface area contributed by atoms with Gasteiger partial charge in [0, 0.05) is 10.5 Å². The molecule has 0 atom stereocenters. The molecule has 0 unspecified atom stereocenters. The molecule has 2 N–H and O–H groups in total. The van der Waals surface area contributed by atoms with E-state index in [1.807, 2.05) is 18.2 Å². The lowest BCUT2D eigenvalue weighted by molar-refractivity contribution is 0.414. The Bertz CT molecular complexity index is 762. The number of hydrogen-bond donors (Lipinski definition) is 1. The van der Waals surface area contributed by atoms with Crippen LogP contribution in [0.4, 0.5) is 5.69 Å². The van der Waals surface area contributed by atoms with Gasteiger partial charge in [-0.05, 0) is 24.3 Å². The van der Waals surface area contributed by atoms with Crippen molar-refractivity contribution in [3.05, 3.63) is 39.8 Å². The van der Waals surface area contributed by atoms with Gasteiger partial charge in [-0.15, -0.1) is 0 Å². The molecule has 0 bridgehead atoms. The van der Waals surface area contributed by atoms with Crippen molar-refractivity contribution in [1.29, 1.82) is 0 Å². The Kier molecular flexibility index (Phi) is 3.31. The van der Waals surface area contributed by atoms with Gasteiger partial charge >= 0.3 is 0 Å². The van der Waals surface area contributed by atoms with Crippen molar-refractivity contribution in [3.63, 3.8) is 0 Å². The number of aromatic nitrogens is 1. The highest BCUT2D eigenvalue weighted by molar-refractivity contribution is 9.10. The molecule has 6 heteroatoms. The maximum Gasteiger partial charge on any atom is 0.231 e. The maximum atomic E-state index is 5.98. The molecule has 0 amide bonds. The minimum Gasteiger partial charge on any atom is -0.496 e. The van der Waals surface area contributed by atoms with Gasteiger partial charge in [-0.1, -0.05) is 27.5 Å². The average Bonchev–Trinajstić information content (AvgIpc) is 2.81. The van der Waals surface area contributed by atoms with E-state index in [2.05, 4.69) is 20.9 Å². The zero-order valence-corrected chi connectivity index (χ0v) is 12.8. The van der Waals surface area contributed by atoms with E-state index in [0.29, 0.717) is 33.4 Å². The van der Waals surface area contributed by atoms with Crippen molar-refractivity contribution in [2.75, 3.05) is 12.8 Å². The smallest absolute Gasteiger partial charge is 0.231 e. The average molecular weight is 354 g/mol. The molecular weight excluding hydrogens is 344 g/mol. The molecule has 4 nitrogen and oxygen atoms in total. The van der Waals surface area contributed by atoms with Gasteiger partial charge in [0.05, 0.1) is 23.4 Å². The van der Waals surface area contributed by atoms with Crippen LogP contribution in [-0.2, 0) is 0 Å². The van der Waals surface area contributed by atoms with Gasteiger partial charge in [-0.2, -0.15) is 0 Å². The second-order valence-corrected chi connectivity index (χ2v) is 5.53. The third-order valence-electron chi connectivity index (χ3n) is 2.90. The highest BCUT2D eigenvalue weighted by atomic mass is 79.9. The molecule has 0 fully saturated rings. The third kappa shape index (κ3) is 2.23. The fourth-order valence-corrected chi connectivity index (χ4v) is 2.42. The summed E-state index contributed by atoms with van der Waals surface area (Å²) in [4.78, 5) is 4.42. The van der Waals surface area contributed by atoms with E-state index >= 15 is 0 Å². The zero-order chi connectivity index (χ0) is 14.3. The number of halogens is 2. The van der Waals surface area contributed by atoms with Gasteiger partial charge in [-0.3, -0.25) is 0 Å². The number of oxazole rings is 1. The topological polar surface area (TPSA) is 61.3 Å². The molecule has 3 rings (SSSR count). The van der Waals surface area contributed by atoms with Crippen LogP contribution >= 0.6 is 27.5 Å². The van der Waals surface area contributed by atoms with Gasteiger partial charge < -0.3 is 14.9 Å². The van der Waals surface area contributed by atoms with Crippen molar-refractivity contribution in [3.8, 4) is 17.2 Å². The molecule has 0 saturated carbocycles. The number of nitrogens with two attached hydrogens (primary N) is 1. The number of methoxy groups -OCH3 is 1. The van der Waals surface area contributed by atoms with Crippen LogP contribution in [0, 0.1) is 0 Å². The van der Waals surface area contributed by atoms with Crippen LogP contribution < -0.4 is 10.5 Å². The van der Waals surface area contributed by atoms with Crippen molar-refractivity contribution >= 4 is 44.3 Å². The molecule has 0 saturated heterocycles. The standard InChI is InChI=1S/C14H10BrClN2O2/c1-19-12-4-7(15)2-3-8(12)14-18-11-5-9(16)10(17)6-13(11)20-14/h2-6H,17H2,1H3. The van der Waals surface area contributed by atoms with Gasteiger partial charge in [0.25, 0.3) is 0 Å². The summed E-state index contributed by atoms with van der Waals surface area (Å²) >= 11 is 9.38. The van der Waals surface area contributed by atoms with E-state index < -0.39 is 0 Å². The van der Waals surface area contributed by atoms with Gasteiger partial charge in [0.2, 0.25) is 5.89 Å². The molecule has 0 spiro atoms. The van der Waals surface area contributed by atoms with Gasteiger partial charge in [0.15, 0.2) is 5.58 Å². The number of nitrogen functional groups attached to an aromatic ring is 1. The quantitative estimate of drug-likeness (QED) is 0.689. The Labute approximate surface area is 128 Å². The van der Waals surface area contributed by atoms with E-state index in [1.54, 1.807) is 19.2 Å². The van der Waals surface area contributed by atoms with Crippen LogP contribution in [0.25, 0.3) is 22.6 Å². The van der Waals surface area contributed by atoms with Crippen LogP contribution in [0.3, 0.4) is 0 Å². The molecule has 0 aliphatic heterocycles. The fourth-order valence-electron chi connectivity index (χ4n) is 1.92. The SMILES string of the molecule is COc1cc(Br)ccc1-c1nc2cc(Cl)c(N)cc2o1. The third-order valence-corrected chi connectivity index (χ3v) is 3.72. The number of fused-ring (bicyclic) bond motifs is 1. The molecule has 1 heterocycles. The maximum absolute atomic E-state index is 5.98. The predicted octanol–water partition coefficient (Wildman–Crippen LogP) is 4.50. The van der Waals surface area contributed by atoms with Gasteiger partial charge in [-0.25, -0.2) is 4.98 Å². The summed E-state index contributed by atoms with van der Waals surface area (Å²) in [5.41, 5.74) is 8.23. The normalized spacial score (nSPS) is 10.9.